The molecule has 0 aromatic carbocycles. The van der Waals surface area contributed by atoms with Gasteiger partial charge in [-0.2, -0.15) is 4.39 Å². The summed E-state index contributed by atoms with van der Waals surface area (Å²) < 4.78 is 24.8. The molecule has 8 aliphatic rings. The Balaban J connectivity index is 0.000000371. The van der Waals surface area contributed by atoms with Gasteiger partial charge in [-0.3, -0.25) is 24.2 Å². The van der Waals surface area contributed by atoms with Gasteiger partial charge in [-0.05, 0) is 109 Å². The number of Topliss-reactive ketones (excluding diaryl/α,β-unsaturated/α-hetero) is 3. The molecule has 3 aromatic heterocycles. The normalized spacial score (nSPS) is 23.6. The van der Waals surface area contributed by atoms with Crippen LogP contribution in [0.2, 0.25) is 0 Å². The summed E-state index contributed by atoms with van der Waals surface area (Å²) in [5.74, 6) is 5.30. The summed E-state index contributed by atoms with van der Waals surface area (Å²) >= 11 is 13.9. The Morgan fingerprint density at radius 1 is 0.407 bits per heavy atom. The molecule has 11 rings (SSSR count). The molecule has 11 heterocycles. The molecule has 54 heteroatoms. The number of piperidine rings is 6. The smallest absolute Gasteiger partial charge is 0.212 e. The maximum atomic E-state index is 13.1. The lowest BCUT2D eigenvalue weighted by Gasteiger charge is -2.57. The Bertz CT molecular complexity index is 5200. The number of likely N-dealkylation sites (tertiary alicyclic amines) is 2. The van der Waals surface area contributed by atoms with E-state index in [0.29, 0.717) is 42.5 Å². The number of pyridine rings is 3. The van der Waals surface area contributed by atoms with Crippen LogP contribution >= 0.6 is 45.2 Å². The average Bonchev–Trinajstić information content (AvgIpc) is 0.742. The second kappa shape index (κ2) is 58.1. The first-order valence-corrected chi connectivity index (χ1v) is 79.4. The summed E-state index contributed by atoms with van der Waals surface area (Å²) in [4.78, 5) is 60.1. The summed E-state index contributed by atoms with van der Waals surface area (Å²) in [5.41, 5.74) is -0.936. The first-order chi connectivity index (χ1) is 50.1. The van der Waals surface area contributed by atoms with Gasteiger partial charge in [-0.15, -0.1) is 6.42 Å². The maximum absolute atomic E-state index is 13.1. The number of carbonyl (C=O) groups is 3. The van der Waals surface area contributed by atoms with Gasteiger partial charge in [-0.25, -0.2) is 15.0 Å². The number of carbonyl (C=O) groups excluding carboxylic acids is 3. The Hall–Kier alpha value is 4.91. The van der Waals surface area contributed by atoms with Crippen LogP contribution in [0.4, 0.5) is 16.0 Å². The van der Waals surface area contributed by atoms with E-state index in [0.717, 1.165) is 116 Å². The van der Waals surface area contributed by atoms with E-state index in [1.807, 2.05) is 219 Å². The third kappa shape index (κ3) is 36.8. The van der Waals surface area contributed by atoms with Crippen LogP contribution in [0.5, 0.6) is 0 Å². The number of fused-ring (bicyclic) bond motifs is 6. The predicted molar refractivity (Wildman–Crippen MR) is 572 cm³/mol. The lowest BCUT2D eigenvalue weighted by molar-refractivity contribution is -0.158. The van der Waals surface area contributed by atoms with E-state index >= 15 is 0 Å². The van der Waals surface area contributed by atoms with Crippen LogP contribution < -0.4 is 20.4 Å². The minimum Gasteiger partial charge on any atom is -0.378 e. The van der Waals surface area contributed by atoms with Crippen LogP contribution in [0.15, 0.2) is 55.0 Å². The van der Waals surface area contributed by atoms with Gasteiger partial charge < -0.3 is 29.9 Å². The molecule has 8 aliphatic heterocycles. The van der Waals surface area contributed by atoms with E-state index in [1.54, 1.807) is 119 Å². The molecule has 6 bridgehead atoms. The molecule has 0 amide bonds. The quantitative estimate of drug-likeness (QED) is 0.157. The molecular weight excluding hydrogens is 2310 g/mol. The highest BCUT2D eigenvalue weighted by Gasteiger charge is 2.59. The van der Waals surface area contributed by atoms with Crippen molar-refractivity contribution in [1.29, 1.82) is 0 Å². The summed E-state index contributed by atoms with van der Waals surface area (Å²) in [6, 6.07) is 12.0. The Morgan fingerprint density at radius 3 is 0.870 bits per heavy atom. The summed E-state index contributed by atoms with van der Waals surface area (Å²) in [6.07, 6.45) is 10.5. The second-order valence-corrected chi connectivity index (χ2v) is 88.4. The monoisotopic (exact) mass is 2390 g/mol. The summed E-state index contributed by atoms with van der Waals surface area (Å²) in [5, 5.41) is 6.67. The third-order valence-electron chi connectivity index (χ3n) is 15.9. The van der Waals surface area contributed by atoms with Crippen molar-refractivity contribution in [3.8, 4) is 12.3 Å². The molecule has 108 heavy (non-hydrogen) atoms. The number of aromatic nitrogens is 3. The van der Waals surface area contributed by atoms with Crippen LogP contribution in [0.1, 0.15) is 76.8 Å². The molecule has 4 unspecified atom stereocenters. The SMILES string of the molecule is C.C.C.C.C#Cc1ccc(N2CC3(C)CN(C4COC4)CC(C)(C2)C3=O)nc1.CC12CN(c3ccc(I)cn3)CC(C)(CN(C3COC3)C1)C2=O.CC12CNCC(C)(CNC1)C2=O.Fc1ccc(I)cn1.S=S=S=S=S=S=S=S=S=S=S=S=S=S=S=S=S=S=S=S=S=S=S=S=S=S=S=S=S=S=S=S=S=S=S=S=S. The zero-order valence-corrected chi connectivity index (χ0v) is 89.2. The van der Waals surface area contributed by atoms with Crippen LogP contribution in [-0.2, 0) is 357 Å². The zero-order chi connectivity index (χ0) is 74.7. The number of nitrogens with one attached hydrogen (secondary N) is 2. The van der Waals surface area contributed by atoms with Gasteiger partial charge in [0.15, 0.2) is 11.6 Å². The second-order valence-electron chi connectivity index (χ2n) is 24.0. The highest BCUT2D eigenvalue weighted by atomic mass is 127. The van der Waals surface area contributed by atoms with E-state index in [4.69, 9.17) is 38.3 Å². The van der Waals surface area contributed by atoms with E-state index < -0.39 is 5.95 Å². The topological polar surface area (TPSA) is 145 Å². The number of hydrogen-bond acceptors (Lipinski definition) is 16. The van der Waals surface area contributed by atoms with Gasteiger partial charge in [0.05, 0.1) is 71.0 Å². The average molecular weight is 2390 g/mol. The van der Waals surface area contributed by atoms with Gasteiger partial charge in [0.25, 0.3) is 0 Å². The predicted octanol–water partition coefficient (Wildman–Crippen LogP) is 7.04. The molecule has 8 fully saturated rings. The zero-order valence-electron chi connectivity index (χ0n) is 54.7. The van der Waals surface area contributed by atoms with E-state index in [2.05, 4.69) is 136 Å². The molecule has 14 nitrogen and oxygen atoms in total. The largest absolute Gasteiger partial charge is 0.378 e. The molecule has 3 aromatic rings. The van der Waals surface area contributed by atoms with Crippen molar-refractivity contribution in [2.75, 3.05) is 115 Å². The van der Waals surface area contributed by atoms with Crippen LogP contribution in [0.3, 0.4) is 0 Å². The lowest BCUT2D eigenvalue weighted by atomic mass is 9.64. The van der Waals surface area contributed by atoms with Gasteiger partial charge in [0.1, 0.15) is 17.4 Å². The number of nitrogens with zero attached hydrogens (tertiary/aromatic N) is 7. The van der Waals surface area contributed by atoms with Crippen LogP contribution in [-0.4, -0.2) is 159 Å². The fraction of sp³-hybridized carbons (Fsp3) is 0.630. The number of halogens is 3. The molecular formula is C54H80FI2N9O5S37. The summed E-state index contributed by atoms with van der Waals surface area (Å²) in [6.45, 7) is 25.2. The molecule has 4 atom stereocenters. The van der Waals surface area contributed by atoms with Crippen LogP contribution in [0, 0.1) is 57.9 Å². The fourth-order valence-corrected chi connectivity index (χ4v) is 103. The van der Waals surface area contributed by atoms with Crippen molar-refractivity contribution in [3.63, 3.8) is 0 Å². The number of hydrogen-bond donors (Lipinski definition) is 2. The van der Waals surface area contributed by atoms with Crippen molar-refractivity contribution in [2.45, 2.75) is 83.3 Å². The Labute approximate surface area is 773 Å². The fourth-order valence-electron chi connectivity index (χ4n) is 12.0. The number of anilines is 2. The molecule has 0 spiro atoms. The van der Waals surface area contributed by atoms with Crippen molar-refractivity contribution in [3.05, 3.63) is 73.6 Å². The Kier molecular flexibility index (Phi) is 57.6. The standard InChI is InChI=1S/C19H23N3O2.C17H22IN3O2.C9H16N2O.C5H3FIN.4CH4.S37/c1-4-14-5-6-16(20-7-14)22-12-18(2)10-21(15-8-24-9-15)11-19(3,13-22)17(18)23;1-16-8-20(13-6-23-7-13)9-17(2,15(16)22)11-21(10-16)14-4-3-12(18)5-19-14;1-8-3-10-5-9(2,7(8)12)6-11-4-8;6-5-2-1-4(7)3-8-5;;;;;1-3-5-7-9-11-13-15-17-19-21-23-25-27-29-31-33-35-37-36-34-32-30-28-26-24-22-20-18-16-14-12-10-8-6-4-2/h1,5-7,15H,8-13H2,2-3H3;3-5,13H,6-11H2,1-2H3;10-11H,3-6H2,1-2H3;1-3H;4*1H4;. The number of ketones is 3. The van der Waals surface area contributed by atoms with Gasteiger partial charge in [0, 0.05) is 443 Å². The summed E-state index contributed by atoms with van der Waals surface area (Å²) in [7, 11) is 61.9. The maximum Gasteiger partial charge on any atom is 0.212 e. The highest BCUT2D eigenvalue weighted by molar-refractivity contribution is 14.1. The molecule has 8 saturated heterocycles. The van der Waals surface area contributed by atoms with E-state index in [9.17, 15) is 18.8 Å². The van der Waals surface area contributed by atoms with Gasteiger partial charge in [0.2, 0.25) is 5.95 Å². The van der Waals surface area contributed by atoms with Crippen LogP contribution in [0.25, 0.3) is 0 Å². The molecule has 2 N–H and O–H groups in total. The van der Waals surface area contributed by atoms with Gasteiger partial charge >= 0.3 is 0 Å². The highest BCUT2D eigenvalue weighted by Crippen LogP contribution is 2.46. The minimum atomic E-state index is -0.426. The molecule has 0 aliphatic carbocycles. The molecule has 614 valence electrons. The number of rotatable bonds is 4. The van der Waals surface area contributed by atoms with E-state index in [1.165, 1.54) is 30.0 Å². The molecule has 0 saturated carbocycles. The Morgan fingerprint density at radius 2 is 0.667 bits per heavy atom. The number of ether oxygens (including phenoxy) is 2. The van der Waals surface area contributed by atoms with Crippen molar-refractivity contribution in [2.24, 2.45) is 32.5 Å². The lowest BCUT2D eigenvalue weighted by Crippen LogP contribution is -2.71. The van der Waals surface area contributed by atoms with Crippen molar-refractivity contribution in [1.82, 2.24) is 35.4 Å². The third-order valence-corrected chi connectivity index (χ3v) is 92.7. The van der Waals surface area contributed by atoms with Gasteiger partial charge in [-0.1, -0.05) is 49.5 Å². The first kappa shape index (κ1) is 107. The van der Waals surface area contributed by atoms with Crippen molar-refractivity contribution >= 4 is 407 Å². The first-order valence-electron chi connectivity index (χ1n) is 29.2. The van der Waals surface area contributed by atoms with E-state index in [-0.39, 0.29) is 62.2 Å². The minimum absolute atomic E-state index is 0. The molecule has 0 radical (unpaired) electrons. The number of terminal acetylenes is 1. The van der Waals surface area contributed by atoms with Crippen molar-refractivity contribution < 1.29 is 28.2 Å².